The van der Waals surface area contributed by atoms with E-state index < -0.39 is 5.69 Å². The minimum Gasteiger partial charge on any atom is -0.504 e. The minimum absolute atomic E-state index is 0.0377. The Morgan fingerprint density at radius 3 is 2.76 bits per heavy atom. The maximum absolute atomic E-state index is 11.7. The smallest absolute Gasteiger partial charge is 0.346 e. The van der Waals surface area contributed by atoms with Crippen LogP contribution in [-0.4, -0.2) is 27.2 Å². The van der Waals surface area contributed by atoms with Gasteiger partial charge in [0.1, 0.15) is 0 Å². The van der Waals surface area contributed by atoms with Gasteiger partial charge in [0.2, 0.25) is 0 Å². The van der Waals surface area contributed by atoms with Crippen LogP contribution >= 0.6 is 0 Å². The molecule has 0 bridgehead atoms. The molecule has 1 aromatic carbocycles. The average molecular weight is 283 g/mol. The summed E-state index contributed by atoms with van der Waals surface area (Å²) in [6, 6.07) is 10.3. The second kappa shape index (κ2) is 5.16. The van der Waals surface area contributed by atoms with Crippen molar-refractivity contribution in [1.82, 2.24) is 15.0 Å². The van der Waals surface area contributed by atoms with Crippen LogP contribution in [0.3, 0.4) is 0 Å². The highest BCUT2D eigenvalue weighted by Crippen LogP contribution is 2.31. The van der Waals surface area contributed by atoms with Crippen LogP contribution in [0.15, 0.2) is 47.4 Å². The summed E-state index contributed by atoms with van der Waals surface area (Å²) in [5.41, 5.74) is 2.18. The maximum Gasteiger partial charge on any atom is 0.346 e. The third-order valence-corrected chi connectivity index (χ3v) is 3.11. The van der Waals surface area contributed by atoms with Crippen molar-refractivity contribution in [2.75, 3.05) is 7.11 Å². The molecule has 21 heavy (non-hydrogen) atoms. The zero-order chi connectivity index (χ0) is 14.8. The minimum atomic E-state index is -0.441. The summed E-state index contributed by atoms with van der Waals surface area (Å²) < 4.78 is 5.07. The fourth-order valence-corrected chi connectivity index (χ4v) is 2.09. The molecule has 0 aliphatic heterocycles. The fraction of sp³-hybridized carbons (Fsp3) is 0.0667. The predicted octanol–water partition coefficient (Wildman–Crippen LogP) is 2.15. The number of aromatic hydroxyl groups is 1. The summed E-state index contributed by atoms with van der Waals surface area (Å²) in [5, 5.41) is 9.62. The first-order chi connectivity index (χ1) is 10.2. The highest BCUT2D eigenvalue weighted by Gasteiger charge is 2.09. The number of H-pyrrole nitrogens is 2. The van der Waals surface area contributed by atoms with E-state index in [0.29, 0.717) is 22.7 Å². The van der Waals surface area contributed by atoms with E-state index in [1.54, 1.807) is 24.4 Å². The zero-order valence-electron chi connectivity index (χ0n) is 11.3. The lowest BCUT2D eigenvalue weighted by molar-refractivity contribution is 0.373. The van der Waals surface area contributed by atoms with Gasteiger partial charge in [-0.3, -0.25) is 0 Å². The molecule has 2 aromatic heterocycles. The van der Waals surface area contributed by atoms with E-state index in [2.05, 4.69) is 15.0 Å². The van der Waals surface area contributed by atoms with E-state index in [1.165, 1.54) is 13.2 Å². The van der Waals surface area contributed by atoms with E-state index in [0.717, 1.165) is 5.69 Å². The molecule has 106 valence electrons. The quantitative estimate of drug-likeness (QED) is 0.687. The molecular weight excluding hydrogens is 270 g/mol. The van der Waals surface area contributed by atoms with Crippen molar-refractivity contribution in [1.29, 1.82) is 0 Å². The summed E-state index contributed by atoms with van der Waals surface area (Å²) in [5.74, 6) is 0.367. The fourth-order valence-electron chi connectivity index (χ4n) is 2.09. The van der Waals surface area contributed by atoms with Gasteiger partial charge in [-0.05, 0) is 36.4 Å². The van der Waals surface area contributed by atoms with Crippen molar-refractivity contribution >= 4 is 0 Å². The molecule has 0 saturated carbocycles. The molecule has 3 N–H and O–H groups in total. The summed E-state index contributed by atoms with van der Waals surface area (Å²) in [7, 11) is 1.47. The van der Waals surface area contributed by atoms with Gasteiger partial charge < -0.3 is 19.8 Å². The number of phenolic OH excluding ortho intramolecular Hbond substituents is 1. The molecule has 0 unspecified atom stereocenters. The van der Waals surface area contributed by atoms with Crippen LogP contribution in [-0.2, 0) is 0 Å². The molecule has 0 fully saturated rings. The lowest BCUT2D eigenvalue weighted by Crippen LogP contribution is -2.12. The van der Waals surface area contributed by atoms with E-state index in [1.807, 2.05) is 12.1 Å². The third kappa shape index (κ3) is 2.51. The number of phenols is 1. The van der Waals surface area contributed by atoms with E-state index in [-0.39, 0.29) is 5.75 Å². The van der Waals surface area contributed by atoms with Crippen LogP contribution in [0, 0.1) is 0 Å². The van der Waals surface area contributed by atoms with Crippen molar-refractivity contribution in [3.63, 3.8) is 0 Å². The number of nitrogens with zero attached hydrogens (tertiary/aromatic N) is 1. The highest BCUT2D eigenvalue weighted by atomic mass is 16.5. The molecule has 0 atom stereocenters. The normalized spacial score (nSPS) is 10.5. The Hall–Kier alpha value is -3.02. The molecule has 6 heteroatoms. The van der Waals surface area contributed by atoms with Gasteiger partial charge in [0, 0.05) is 11.8 Å². The number of nitrogens with one attached hydrogen (secondary N) is 2. The summed E-state index contributed by atoms with van der Waals surface area (Å²) >= 11 is 0. The van der Waals surface area contributed by atoms with Crippen molar-refractivity contribution in [3.8, 4) is 34.1 Å². The Morgan fingerprint density at radius 2 is 2.05 bits per heavy atom. The Kier molecular flexibility index (Phi) is 3.19. The molecular formula is C15H13N3O3. The molecule has 0 saturated heterocycles. The van der Waals surface area contributed by atoms with Gasteiger partial charge in [0.15, 0.2) is 11.5 Å². The SMILES string of the molecule is COc1cc(-c2cc(-c3ccc[nH]3)[nH]c(=O)n2)ccc1O. The molecule has 6 nitrogen and oxygen atoms in total. The third-order valence-electron chi connectivity index (χ3n) is 3.11. The number of hydrogen-bond donors (Lipinski definition) is 3. The van der Waals surface area contributed by atoms with Crippen LogP contribution in [0.2, 0.25) is 0 Å². The largest absolute Gasteiger partial charge is 0.504 e. The Balaban J connectivity index is 2.13. The molecule has 0 radical (unpaired) electrons. The predicted molar refractivity (Wildman–Crippen MR) is 78.3 cm³/mol. The van der Waals surface area contributed by atoms with Gasteiger partial charge in [-0.15, -0.1) is 0 Å². The number of aromatic nitrogens is 3. The summed E-state index contributed by atoms with van der Waals surface area (Å²) in [4.78, 5) is 21.4. The molecule has 2 heterocycles. The Morgan fingerprint density at radius 1 is 1.19 bits per heavy atom. The van der Waals surface area contributed by atoms with Crippen LogP contribution in [0.1, 0.15) is 0 Å². The van der Waals surface area contributed by atoms with Gasteiger partial charge in [-0.1, -0.05) is 0 Å². The molecule has 0 aliphatic carbocycles. The Labute approximate surface area is 120 Å². The first-order valence-electron chi connectivity index (χ1n) is 6.30. The van der Waals surface area contributed by atoms with Crippen molar-refractivity contribution in [2.24, 2.45) is 0 Å². The van der Waals surface area contributed by atoms with Crippen LogP contribution in [0.25, 0.3) is 22.6 Å². The van der Waals surface area contributed by atoms with Gasteiger partial charge in [0.05, 0.1) is 24.2 Å². The first-order valence-corrected chi connectivity index (χ1v) is 6.30. The average Bonchev–Trinajstić information content (AvgIpc) is 3.01. The number of ether oxygens (including phenoxy) is 1. The van der Waals surface area contributed by atoms with Crippen LogP contribution in [0.5, 0.6) is 11.5 Å². The standard InChI is InChI=1S/C15H13N3O3/c1-21-14-7-9(4-5-13(14)19)11-8-12(18-15(20)17-11)10-3-2-6-16-10/h2-8,16,19H,1H3,(H,17,18,20). The lowest BCUT2D eigenvalue weighted by Gasteiger charge is -2.07. The van der Waals surface area contributed by atoms with Crippen molar-refractivity contribution in [2.45, 2.75) is 0 Å². The van der Waals surface area contributed by atoms with E-state index >= 15 is 0 Å². The van der Waals surface area contributed by atoms with Crippen LogP contribution in [0.4, 0.5) is 0 Å². The number of methoxy groups -OCH3 is 1. The molecule has 0 aliphatic rings. The number of aromatic amines is 2. The summed E-state index contributed by atoms with van der Waals surface area (Å²) in [6.07, 6.45) is 1.78. The van der Waals surface area contributed by atoms with Crippen molar-refractivity contribution in [3.05, 3.63) is 53.1 Å². The number of hydrogen-bond acceptors (Lipinski definition) is 4. The number of rotatable bonds is 3. The zero-order valence-corrected chi connectivity index (χ0v) is 11.3. The molecule has 0 spiro atoms. The van der Waals surface area contributed by atoms with E-state index in [4.69, 9.17) is 4.74 Å². The Bertz CT molecular complexity index is 822. The topological polar surface area (TPSA) is 91.0 Å². The summed E-state index contributed by atoms with van der Waals surface area (Å²) in [6.45, 7) is 0. The van der Waals surface area contributed by atoms with Crippen molar-refractivity contribution < 1.29 is 9.84 Å². The second-order valence-electron chi connectivity index (χ2n) is 4.46. The lowest BCUT2D eigenvalue weighted by atomic mass is 10.1. The molecule has 3 aromatic rings. The van der Waals surface area contributed by atoms with E-state index in [9.17, 15) is 9.90 Å². The second-order valence-corrected chi connectivity index (χ2v) is 4.46. The van der Waals surface area contributed by atoms with Gasteiger partial charge in [-0.25, -0.2) is 4.79 Å². The molecule has 3 rings (SSSR count). The molecule has 0 amide bonds. The number of benzene rings is 1. The van der Waals surface area contributed by atoms with Crippen LogP contribution < -0.4 is 10.4 Å². The van der Waals surface area contributed by atoms with Gasteiger partial charge in [0.25, 0.3) is 0 Å². The monoisotopic (exact) mass is 283 g/mol. The van der Waals surface area contributed by atoms with Gasteiger partial charge in [-0.2, -0.15) is 4.98 Å². The first kappa shape index (κ1) is 13.0. The van der Waals surface area contributed by atoms with Gasteiger partial charge >= 0.3 is 5.69 Å². The maximum atomic E-state index is 11.7. The highest BCUT2D eigenvalue weighted by molar-refractivity contribution is 5.68.